The quantitative estimate of drug-likeness (QED) is 0.562. The second kappa shape index (κ2) is 9.26. The van der Waals surface area contributed by atoms with Gasteiger partial charge >= 0.3 is 5.97 Å². The SMILES string of the molecule is CCC(Oc1ccc(-c2noc(-c3ccc(OC(C)C)c(C#N)c3)n2)c(F)c1)C(=O)O. The lowest BCUT2D eigenvalue weighted by Gasteiger charge is -2.13. The van der Waals surface area contributed by atoms with Gasteiger partial charge in [0.15, 0.2) is 6.10 Å². The van der Waals surface area contributed by atoms with Gasteiger partial charge in [0.2, 0.25) is 5.82 Å². The number of carboxylic acids is 1. The molecule has 3 rings (SSSR count). The van der Waals surface area contributed by atoms with E-state index in [-0.39, 0.29) is 35.6 Å². The molecule has 0 saturated carbocycles. The van der Waals surface area contributed by atoms with E-state index in [0.29, 0.717) is 16.9 Å². The molecule has 0 radical (unpaired) electrons. The lowest BCUT2D eigenvalue weighted by atomic mass is 10.1. The molecule has 8 nitrogen and oxygen atoms in total. The number of benzene rings is 2. The normalized spacial score (nSPS) is 11.7. The summed E-state index contributed by atoms with van der Waals surface area (Å²) in [6.07, 6.45) is -0.927. The van der Waals surface area contributed by atoms with Crippen LogP contribution in [-0.4, -0.2) is 33.4 Å². The van der Waals surface area contributed by atoms with Crippen LogP contribution >= 0.6 is 0 Å². The second-order valence-corrected chi connectivity index (χ2v) is 6.91. The number of hydrogen-bond donors (Lipinski definition) is 1. The highest BCUT2D eigenvalue weighted by atomic mass is 19.1. The first kappa shape index (κ1) is 21.8. The average Bonchev–Trinajstić information content (AvgIpc) is 3.21. The molecule has 0 amide bonds. The number of carboxylic acid groups (broad SMARTS) is 1. The fourth-order valence-corrected chi connectivity index (χ4v) is 2.78. The first-order chi connectivity index (χ1) is 14.8. The summed E-state index contributed by atoms with van der Waals surface area (Å²) in [6.45, 7) is 5.37. The third-order valence-electron chi connectivity index (χ3n) is 4.24. The van der Waals surface area contributed by atoms with Crippen molar-refractivity contribution in [1.82, 2.24) is 10.1 Å². The Bertz CT molecular complexity index is 1140. The number of ether oxygens (including phenoxy) is 2. The average molecular weight is 425 g/mol. The first-order valence-electron chi connectivity index (χ1n) is 9.56. The van der Waals surface area contributed by atoms with Gasteiger partial charge in [0.25, 0.3) is 5.89 Å². The Balaban J connectivity index is 1.85. The number of halogens is 1. The van der Waals surface area contributed by atoms with Crippen molar-refractivity contribution >= 4 is 5.97 Å². The van der Waals surface area contributed by atoms with Gasteiger partial charge in [0.1, 0.15) is 23.4 Å². The summed E-state index contributed by atoms with van der Waals surface area (Å²) in [4.78, 5) is 15.3. The van der Waals surface area contributed by atoms with Crippen LogP contribution in [0.15, 0.2) is 40.9 Å². The molecule has 31 heavy (non-hydrogen) atoms. The third kappa shape index (κ3) is 4.98. The fraction of sp³-hybridized carbons (Fsp3) is 0.273. The van der Waals surface area contributed by atoms with E-state index in [1.54, 1.807) is 25.1 Å². The predicted molar refractivity (Wildman–Crippen MR) is 108 cm³/mol. The molecule has 9 heteroatoms. The molecule has 2 aromatic carbocycles. The summed E-state index contributed by atoms with van der Waals surface area (Å²) >= 11 is 0. The van der Waals surface area contributed by atoms with E-state index in [9.17, 15) is 14.4 Å². The Kier molecular flexibility index (Phi) is 6.50. The molecule has 0 fully saturated rings. The maximum absolute atomic E-state index is 14.6. The van der Waals surface area contributed by atoms with Gasteiger partial charge in [-0.2, -0.15) is 10.2 Å². The molecule has 1 aromatic heterocycles. The molecule has 3 aromatic rings. The smallest absolute Gasteiger partial charge is 0.344 e. The Morgan fingerprint density at radius 2 is 2.03 bits per heavy atom. The van der Waals surface area contributed by atoms with Crippen molar-refractivity contribution in [1.29, 1.82) is 5.26 Å². The first-order valence-corrected chi connectivity index (χ1v) is 9.56. The Morgan fingerprint density at radius 1 is 1.26 bits per heavy atom. The summed E-state index contributed by atoms with van der Waals surface area (Å²) in [5.41, 5.74) is 0.854. The minimum Gasteiger partial charge on any atom is -0.490 e. The summed E-state index contributed by atoms with van der Waals surface area (Å²) in [6, 6.07) is 10.8. The van der Waals surface area contributed by atoms with Crippen molar-refractivity contribution in [3.63, 3.8) is 0 Å². The number of aromatic nitrogens is 2. The topological polar surface area (TPSA) is 118 Å². The zero-order valence-corrected chi connectivity index (χ0v) is 17.1. The van der Waals surface area contributed by atoms with E-state index in [2.05, 4.69) is 16.2 Å². The molecule has 0 bridgehead atoms. The zero-order chi connectivity index (χ0) is 22.5. The third-order valence-corrected chi connectivity index (χ3v) is 4.24. The second-order valence-electron chi connectivity index (χ2n) is 6.91. The van der Waals surface area contributed by atoms with Crippen LogP contribution in [0.2, 0.25) is 0 Å². The van der Waals surface area contributed by atoms with Crippen LogP contribution in [-0.2, 0) is 4.79 Å². The van der Waals surface area contributed by atoms with Crippen LogP contribution in [0.4, 0.5) is 4.39 Å². The molecule has 0 saturated heterocycles. The highest BCUT2D eigenvalue weighted by molar-refractivity contribution is 5.72. The predicted octanol–water partition coefficient (Wildman–Crippen LogP) is 4.44. The van der Waals surface area contributed by atoms with Gasteiger partial charge in [-0.3, -0.25) is 0 Å². The number of rotatable bonds is 8. The molecule has 1 unspecified atom stereocenters. The molecular weight excluding hydrogens is 405 g/mol. The number of nitriles is 1. The highest BCUT2D eigenvalue weighted by Gasteiger charge is 2.20. The molecule has 1 atom stereocenters. The Labute approximate surface area is 177 Å². The van der Waals surface area contributed by atoms with Crippen LogP contribution in [0.25, 0.3) is 22.8 Å². The van der Waals surface area contributed by atoms with Crippen LogP contribution in [0, 0.1) is 17.1 Å². The number of carbonyl (C=O) groups is 1. The van der Waals surface area contributed by atoms with Crippen molar-refractivity contribution in [3.05, 3.63) is 47.8 Å². The van der Waals surface area contributed by atoms with Crippen molar-refractivity contribution in [2.75, 3.05) is 0 Å². The van der Waals surface area contributed by atoms with E-state index in [1.165, 1.54) is 12.1 Å². The zero-order valence-electron chi connectivity index (χ0n) is 17.1. The van der Waals surface area contributed by atoms with Gasteiger partial charge in [-0.05, 0) is 50.6 Å². The number of hydrogen-bond acceptors (Lipinski definition) is 7. The highest BCUT2D eigenvalue weighted by Crippen LogP contribution is 2.29. The standard InChI is InChI=1S/C22H20FN3O5/c1-4-18(22(27)28)30-15-6-7-16(17(23)10-15)20-25-21(31-26-20)13-5-8-19(29-12(2)3)14(9-13)11-24/h5-10,12,18H,4H2,1-3H3,(H,27,28). The van der Waals surface area contributed by atoms with Crippen molar-refractivity contribution in [3.8, 4) is 40.4 Å². The summed E-state index contributed by atoms with van der Waals surface area (Å²) in [5, 5.41) is 22.2. The maximum atomic E-state index is 14.6. The Hall–Kier alpha value is -3.93. The van der Waals surface area contributed by atoms with E-state index in [4.69, 9.17) is 19.1 Å². The van der Waals surface area contributed by atoms with Gasteiger partial charge in [-0.1, -0.05) is 12.1 Å². The van der Waals surface area contributed by atoms with Crippen molar-refractivity contribution in [2.45, 2.75) is 39.4 Å². The van der Waals surface area contributed by atoms with E-state index < -0.39 is 17.9 Å². The van der Waals surface area contributed by atoms with Crippen molar-refractivity contribution in [2.24, 2.45) is 0 Å². The molecule has 0 aliphatic carbocycles. The van der Waals surface area contributed by atoms with E-state index in [1.807, 2.05) is 13.8 Å². The molecule has 1 heterocycles. The van der Waals surface area contributed by atoms with Crippen LogP contribution in [0.3, 0.4) is 0 Å². The minimum absolute atomic E-state index is 0.00495. The molecule has 1 N–H and O–H groups in total. The summed E-state index contributed by atoms with van der Waals surface area (Å²) in [5.74, 6) is -1.18. The van der Waals surface area contributed by atoms with Gasteiger partial charge in [0, 0.05) is 11.6 Å². The van der Waals surface area contributed by atoms with Crippen molar-refractivity contribution < 1.29 is 28.3 Å². The number of aliphatic carboxylic acids is 1. The fourth-order valence-electron chi connectivity index (χ4n) is 2.78. The van der Waals surface area contributed by atoms with Gasteiger partial charge in [0.05, 0.1) is 17.2 Å². The Morgan fingerprint density at radius 3 is 2.65 bits per heavy atom. The lowest BCUT2D eigenvalue weighted by molar-refractivity contribution is -0.145. The van der Waals surface area contributed by atoms with E-state index >= 15 is 0 Å². The molecule has 0 aliphatic rings. The molecule has 0 aliphatic heterocycles. The monoisotopic (exact) mass is 425 g/mol. The van der Waals surface area contributed by atoms with Gasteiger partial charge in [-0.25, -0.2) is 9.18 Å². The maximum Gasteiger partial charge on any atom is 0.344 e. The summed E-state index contributed by atoms with van der Waals surface area (Å²) in [7, 11) is 0. The molecule has 0 spiro atoms. The lowest BCUT2D eigenvalue weighted by Crippen LogP contribution is -2.25. The van der Waals surface area contributed by atoms with Gasteiger partial charge in [-0.15, -0.1) is 0 Å². The van der Waals surface area contributed by atoms with Crippen LogP contribution in [0.5, 0.6) is 11.5 Å². The number of nitrogens with zero attached hydrogens (tertiary/aromatic N) is 3. The van der Waals surface area contributed by atoms with Gasteiger partial charge < -0.3 is 19.1 Å². The summed E-state index contributed by atoms with van der Waals surface area (Å²) < 4.78 is 30.7. The van der Waals surface area contributed by atoms with Crippen LogP contribution in [0.1, 0.15) is 32.8 Å². The molecule has 160 valence electrons. The van der Waals surface area contributed by atoms with E-state index in [0.717, 1.165) is 6.07 Å². The molecular formula is C22H20FN3O5. The minimum atomic E-state index is -1.13. The van der Waals surface area contributed by atoms with Crippen LogP contribution < -0.4 is 9.47 Å². The largest absolute Gasteiger partial charge is 0.490 e.